The molecule has 0 aromatic rings. The predicted molar refractivity (Wildman–Crippen MR) is 86.8 cm³/mol. The van der Waals surface area contributed by atoms with E-state index in [1.165, 1.54) is 22.3 Å². The monoisotopic (exact) mass is 244 g/mol. The van der Waals surface area contributed by atoms with Crippen molar-refractivity contribution in [1.29, 1.82) is 0 Å². The molecule has 0 fully saturated rings. The first-order chi connectivity index (χ1) is 8.78. The fourth-order valence-electron chi connectivity index (χ4n) is 1.71. The molecule has 0 heterocycles. The van der Waals surface area contributed by atoms with Crippen molar-refractivity contribution in [2.45, 2.75) is 41.0 Å². The average Bonchev–Trinajstić information content (AvgIpc) is 2.80. The van der Waals surface area contributed by atoms with Crippen LogP contribution in [0.2, 0.25) is 0 Å². The lowest BCUT2D eigenvalue weighted by atomic mass is 10.0. The first-order valence-electron chi connectivity index (χ1n) is 6.75. The molecule has 0 aliphatic heterocycles. The number of hydrogen-bond donors (Lipinski definition) is 0. The Morgan fingerprint density at radius 3 is 1.56 bits per heavy atom. The molecule has 0 radical (unpaired) electrons. The van der Waals surface area contributed by atoms with Crippen molar-refractivity contribution in [2.24, 2.45) is 0 Å². The molecule has 0 nitrogen and oxygen atoms in total. The molecule has 0 unspecified atom stereocenters. The van der Waals surface area contributed by atoms with Crippen LogP contribution in [-0.4, -0.2) is 0 Å². The zero-order chi connectivity index (χ0) is 14.6. The van der Waals surface area contributed by atoms with Crippen molar-refractivity contribution in [1.82, 2.24) is 0 Å². The van der Waals surface area contributed by atoms with Gasteiger partial charge in [0.05, 0.1) is 0 Å². The minimum absolute atomic E-state index is 0.925. The van der Waals surface area contributed by atoms with Gasteiger partial charge in [-0.2, -0.15) is 0 Å². The van der Waals surface area contributed by atoms with E-state index in [1.54, 1.807) is 0 Å². The molecule has 0 saturated carbocycles. The topological polar surface area (TPSA) is 0 Å². The highest BCUT2D eigenvalue weighted by atomic mass is 14.2. The minimum Gasteiger partial charge on any atom is -0.0988 e. The van der Waals surface area contributed by atoms with Crippen molar-refractivity contribution in [3.05, 3.63) is 72.4 Å². The SMILES string of the molecule is C=CC1=C(C=C)C(/C=C\C)=C(C=C)C1.CC.CC. The van der Waals surface area contributed by atoms with E-state index in [0.29, 0.717) is 0 Å². The maximum absolute atomic E-state index is 3.83. The molecule has 0 bridgehead atoms. The third-order valence-corrected chi connectivity index (χ3v) is 2.39. The molecular weight excluding hydrogens is 216 g/mol. The molecule has 0 amide bonds. The van der Waals surface area contributed by atoms with Crippen molar-refractivity contribution in [2.75, 3.05) is 0 Å². The predicted octanol–water partition coefficient (Wildman–Crippen LogP) is 6.17. The Kier molecular flexibility index (Phi) is 12.4. The second kappa shape index (κ2) is 11.9. The number of hydrogen-bond acceptors (Lipinski definition) is 0. The molecule has 1 rings (SSSR count). The first kappa shape index (κ1) is 18.8. The van der Waals surface area contributed by atoms with Crippen molar-refractivity contribution in [3.63, 3.8) is 0 Å². The molecule has 0 N–H and O–H groups in total. The molecule has 18 heavy (non-hydrogen) atoms. The lowest BCUT2D eigenvalue weighted by Gasteiger charge is -2.00. The third kappa shape index (κ3) is 4.75. The van der Waals surface area contributed by atoms with Gasteiger partial charge in [-0.1, -0.05) is 77.8 Å². The highest BCUT2D eigenvalue weighted by molar-refractivity contribution is 5.61. The van der Waals surface area contributed by atoms with E-state index in [9.17, 15) is 0 Å². The minimum atomic E-state index is 0.925. The Hall–Kier alpha value is -1.56. The van der Waals surface area contributed by atoms with Gasteiger partial charge >= 0.3 is 0 Å². The summed E-state index contributed by atoms with van der Waals surface area (Å²) in [5.41, 5.74) is 4.91. The molecule has 0 spiro atoms. The zero-order valence-corrected chi connectivity index (χ0v) is 12.7. The Bertz CT molecular complexity index is 359. The second-order valence-electron chi connectivity index (χ2n) is 3.17. The van der Waals surface area contributed by atoms with Gasteiger partial charge < -0.3 is 0 Å². The van der Waals surface area contributed by atoms with E-state index in [4.69, 9.17) is 0 Å². The standard InChI is InChI=1S/C14H16.2C2H6/c1-5-9-14-12(7-3)10-11(6-2)13(14)8-4;2*1-2/h5-9H,2-4,10H2,1H3;2*1-2H3/b9-5-;;. The van der Waals surface area contributed by atoms with Crippen LogP contribution >= 0.6 is 0 Å². The maximum atomic E-state index is 3.83. The highest BCUT2D eigenvalue weighted by Gasteiger charge is 2.16. The summed E-state index contributed by atoms with van der Waals surface area (Å²) in [4.78, 5) is 0. The van der Waals surface area contributed by atoms with Gasteiger partial charge in [0.1, 0.15) is 0 Å². The Morgan fingerprint density at radius 1 is 0.778 bits per heavy atom. The molecule has 1 aliphatic rings. The summed E-state index contributed by atoms with van der Waals surface area (Å²) in [5, 5.41) is 0. The lowest BCUT2D eigenvalue weighted by Crippen LogP contribution is -1.81. The smallest absolute Gasteiger partial charge is 0.00139 e. The Morgan fingerprint density at radius 2 is 1.22 bits per heavy atom. The summed E-state index contributed by atoms with van der Waals surface area (Å²) in [6, 6.07) is 0. The maximum Gasteiger partial charge on any atom is -0.00139 e. The van der Waals surface area contributed by atoms with E-state index in [1.807, 2.05) is 58.9 Å². The van der Waals surface area contributed by atoms with Crippen LogP contribution in [0.5, 0.6) is 0 Å². The average molecular weight is 244 g/mol. The fourth-order valence-corrected chi connectivity index (χ4v) is 1.71. The van der Waals surface area contributed by atoms with E-state index in [0.717, 1.165) is 6.42 Å². The van der Waals surface area contributed by atoms with Crippen LogP contribution in [0.1, 0.15) is 41.0 Å². The Labute approximate surface area is 114 Å². The van der Waals surface area contributed by atoms with Crippen LogP contribution in [0, 0.1) is 0 Å². The summed E-state index contributed by atoms with van der Waals surface area (Å²) >= 11 is 0. The largest absolute Gasteiger partial charge is 0.0988 e. The van der Waals surface area contributed by atoms with Gasteiger partial charge in [-0.15, -0.1) is 0 Å². The molecule has 0 aromatic heterocycles. The van der Waals surface area contributed by atoms with E-state index in [2.05, 4.69) is 25.8 Å². The van der Waals surface area contributed by atoms with E-state index in [-0.39, 0.29) is 0 Å². The second-order valence-corrected chi connectivity index (χ2v) is 3.17. The Balaban J connectivity index is 0. The molecule has 0 saturated heterocycles. The van der Waals surface area contributed by atoms with Gasteiger partial charge in [0.25, 0.3) is 0 Å². The summed E-state index contributed by atoms with van der Waals surface area (Å²) < 4.78 is 0. The van der Waals surface area contributed by atoms with Crippen LogP contribution in [0.15, 0.2) is 72.4 Å². The summed E-state index contributed by atoms with van der Waals surface area (Å²) in [6.07, 6.45) is 10.8. The quantitative estimate of drug-likeness (QED) is 0.554. The number of rotatable bonds is 4. The highest BCUT2D eigenvalue weighted by Crippen LogP contribution is 2.34. The number of allylic oxidation sites excluding steroid dienone is 9. The molecule has 0 aromatic carbocycles. The van der Waals surface area contributed by atoms with Crippen molar-refractivity contribution >= 4 is 0 Å². The molecule has 1 aliphatic carbocycles. The molecule has 0 atom stereocenters. The normalized spacial score (nSPS) is 13.6. The summed E-state index contributed by atoms with van der Waals surface area (Å²) in [5.74, 6) is 0. The van der Waals surface area contributed by atoms with Gasteiger partial charge in [0.15, 0.2) is 0 Å². The van der Waals surface area contributed by atoms with E-state index < -0.39 is 0 Å². The van der Waals surface area contributed by atoms with Gasteiger partial charge in [-0.25, -0.2) is 0 Å². The fraction of sp³-hybridized carbons (Fsp3) is 0.333. The molecule has 0 heteroatoms. The van der Waals surface area contributed by atoms with Gasteiger partial charge in [0.2, 0.25) is 0 Å². The first-order valence-corrected chi connectivity index (χ1v) is 6.75. The summed E-state index contributed by atoms with van der Waals surface area (Å²) in [7, 11) is 0. The van der Waals surface area contributed by atoms with Crippen LogP contribution in [0.4, 0.5) is 0 Å². The lowest BCUT2D eigenvalue weighted by molar-refractivity contribution is 1.25. The van der Waals surface area contributed by atoms with Crippen molar-refractivity contribution in [3.8, 4) is 0 Å². The van der Waals surface area contributed by atoms with Gasteiger partial charge in [-0.3, -0.25) is 0 Å². The van der Waals surface area contributed by atoms with Crippen LogP contribution in [-0.2, 0) is 0 Å². The van der Waals surface area contributed by atoms with Crippen LogP contribution < -0.4 is 0 Å². The van der Waals surface area contributed by atoms with Crippen LogP contribution in [0.3, 0.4) is 0 Å². The van der Waals surface area contributed by atoms with Crippen molar-refractivity contribution < 1.29 is 0 Å². The summed E-state index contributed by atoms with van der Waals surface area (Å²) in [6.45, 7) is 21.5. The van der Waals surface area contributed by atoms with Crippen LogP contribution in [0.25, 0.3) is 0 Å². The third-order valence-electron chi connectivity index (χ3n) is 2.39. The molecular formula is C18H28. The molecule has 100 valence electrons. The van der Waals surface area contributed by atoms with Gasteiger partial charge in [-0.05, 0) is 35.6 Å². The van der Waals surface area contributed by atoms with Gasteiger partial charge in [0, 0.05) is 0 Å². The van der Waals surface area contributed by atoms with E-state index >= 15 is 0 Å². The zero-order valence-electron chi connectivity index (χ0n) is 12.7.